The van der Waals surface area contributed by atoms with E-state index in [4.69, 9.17) is 17.3 Å². The molecule has 0 bridgehead atoms. The Hall–Kier alpha value is -1.85. The van der Waals surface area contributed by atoms with Crippen molar-refractivity contribution in [2.75, 3.05) is 6.54 Å². The van der Waals surface area contributed by atoms with Crippen LogP contribution in [0.4, 0.5) is 0 Å². The van der Waals surface area contributed by atoms with Gasteiger partial charge in [-0.25, -0.2) is 0 Å². The molecule has 0 saturated heterocycles. The smallest absolute Gasteiger partial charge is 0.256 e. The normalized spacial score (nSPS) is 12.5. The van der Waals surface area contributed by atoms with Gasteiger partial charge in [0.1, 0.15) is 5.15 Å². The Morgan fingerprint density at radius 1 is 1.38 bits per heavy atom. The molecule has 130 valence electrons. The molecule has 1 aromatic carbocycles. The molecular formula is C18H25ClN4O. The molecule has 6 heteroatoms. The number of nitrogens with two attached hydrogens (primary N) is 1. The van der Waals surface area contributed by atoms with Crippen LogP contribution in [0.15, 0.2) is 24.3 Å². The lowest BCUT2D eigenvalue weighted by Crippen LogP contribution is -2.33. The number of amides is 1. The van der Waals surface area contributed by atoms with E-state index in [-0.39, 0.29) is 17.9 Å². The van der Waals surface area contributed by atoms with Crippen molar-refractivity contribution in [1.82, 2.24) is 15.1 Å². The van der Waals surface area contributed by atoms with Gasteiger partial charge in [0.15, 0.2) is 0 Å². The molecule has 1 heterocycles. The second-order valence-corrected chi connectivity index (χ2v) is 6.56. The number of hydrogen-bond acceptors (Lipinski definition) is 3. The molecule has 1 aromatic heterocycles. The second kappa shape index (κ2) is 7.81. The Bertz CT molecular complexity index is 724. The molecule has 2 rings (SSSR count). The summed E-state index contributed by atoms with van der Waals surface area (Å²) >= 11 is 6.24. The minimum absolute atomic E-state index is 0.110. The van der Waals surface area contributed by atoms with Crippen molar-refractivity contribution < 1.29 is 4.79 Å². The lowest BCUT2D eigenvalue weighted by molar-refractivity contribution is 0.0950. The Morgan fingerprint density at radius 3 is 2.67 bits per heavy atom. The average Bonchev–Trinajstić information content (AvgIpc) is 2.88. The lowest BCUT2D eigenvalue weighted by Gasteiger charge is -2.17. The maximum absolute atomic E-state index is 12.6. The van der Waals surface area contributed by atoms with Gasteiger partial charge in [0.05, 0.1) is 11.3 Å². The number of nitrogens with one attached hydrogen (secondary N) is 1. The molecule has 5 nitrogen and oxygen atoms in total. The van der Waals surface area contributed by atoms with E-state index in [1.165, 1.54) is 10.2 Å². The maximum atomic E-state index is 12.6. The summed E-state index contributed by atoms with van der Waals surface area (Å²) < 4.78 is 1.53. The van der Waals surface area contributed by atoms with Crippen molar-refractivity contribution in [1.29, 1.82) is 0 Å². The molecule has 2 aromatic rings. The largest absolute Gasteiger partial charge is 0.350 e. The van der Waals surface area contributed by atoms with E-state index in [2.05, 4.69) is 23.4 Å². The third-order valence-corrected chi connectivity index (χ3v) is 4.53. The number of hydrogen-bond donors (Lipinski definition) is 2. The van der Waals surface area contributed by atoms with Crippen LogP contribution in [0.3, 0.4) is 0 Å². The van der Waals surface area contributed by atoms with Gasteiger partial charge >= 0.3 is 0 Å². The molecule has 0 spiro atoms. The highest BCUT2D eigenvalue weighted by atomic mass is 35.5. The number of carbonyl (C=O) groups is 1. The molecule has 0 aliphatic rings. The van der Waals surface area contributed by atoms with Crippen LogP contribution in [-0.2, 0) is 13.5 Å². The van der Waals surface area contributed by atoms with E-state index < -0.39 is 0 Å². The summed E-state index contributed by atoms with van der Waals surface area (Å²) in [7, 11) is 1.73. The van der Waals surface area contributed by atoms with E-state index in [1.54, 1.807) is 7.05 Å². The number of carbonyl (C=O) groups excluding carboxylic acids is 1. The predicted molar refractivity (Wildman–Crippen MR) is 97.4 cm³/mol. The molecular weight excluding hydrogens is 324 g/mol. The van der Waals surface area contributed by atoms with Crippen LogP contribution >= 0.6 is 11.6 Å². The van der Waals surface area contributed by atoms with E-state index in [0.29, 0.717) is 23.0 Å². The van der Waals surface area contributed by atoms with Crippen molar-refractivity contribution in [3.05, 3.63) is 51.8 Å². The van der Waals surface area contributed by atoms with Crippen LogP contribution in [0.2, 0.25) is 5.15 Å². The summed E-state index contributed by atoms with van der Waals surface area (Å²) in [5.74, 6) is -0.125. The van der Waals surface area contributed by atoms with Crippen LogP contribution in [0.5, 0.6) is 0 Å². The number of aryl methyl sites for hydroxylation is 2. The van der Waals surface area contributed by atoms with Crippen LogP contribution in [0, 0.1) is 0 Å². The van der Waals surface area contributed by atoms with Gasteiger partial charge in [0, 0.05) is 19.6 Å². The molecule has 1 unspecified atom stereocenters. The van der Waals surface area contributed by atoms with Gasteiger partial charge in [-0.05, 0) is 23.5 Å². The Balaban J connectivity index is 2.14. The third kappa shape index (κ3) is 3.79. The molecule has 0 aliphatic heterocycles. The second-order valence-electron chi connectivity index (χ2n) is 6.20. The highest BCUT2D eigenvalue weighted by molar-refractivity contribution is 6.33. The average molecular weight is 349 g/mol. The number of halogens is 1. The molecule has 1 atom stereocenters. The van der Waals surface area contributed by atoms with E-state index in [0.717, 1.165) is 12.0 Å². The van der Waals surface area contributed by atoms with Crippen molar-refractivity contribution >= 4 is 17.5 Å². The predicted octanol–water partition coefficient (Wildman–Crippen LogP) is 3.19. The molecule has 0 saturated carbocycles. The first-order chi connectivity index (χ1) is 11.4. The minimum atomic E-state index is -0.261. The first-order valence-corrected chi connectivity index (χ1v) is 8.58. The first kappa shape index (κ1) is 18.5. The van der Waals surface area contributed by atoms with Crippen molar-refractivity contribution in [3.8, 4) is 0 Å². The van der Waals surface area contributed by atoms with E-state index in [1.807, 2.05) is 32.0 Å². The van der Waals surface area contributed by atoms with Crippen LogP contribution in [0.1, 0.15) is 59.9 Å². The highest BCUT2D eigenvalue weighted by Crippen LogP contribution is 2.25. The van der Waals surface area contributed by atoms with Gasteiger partial charge in [-0.3, -0.25) is 9.48 Å². The van der Waals surface area contributed by atoms with Crippen LogP contribution in [-0.4, -0.2) is 22.2 Å². The SMILES string of the molecule is CCc1ccccc1C(N)CNC(=O)c1c(C(C)C)nn(C)c1Cl. The fraction of sp³-hybridized carbons (Fsp3) is 0.444. The summed E-state index contributed by atoms with van der Waals surface area (Å²) in [6.45, 7) is 6.41. The highest BCUT2D eigenvalue weighted by Gasteiger charge is 2.23. The van der Waals surface area contributed by atoms with Gasteiger partial charge in [-0.2, -0.15) is 5.10 Å². The first-order valence-electron chi connectivity index (χ1n) is 8.20. The summed E-state index contributed by atoms with van der Waals surface area (Å²) in [5.41, 5.74) is 9.66. The third-order valence-electron chi connectivity index (χ3n) is 4.10. The molecule has 24 heavy (non-hydrogen) atoms. The Labute approximate surface area is 148 Å². The van der Waals surface area contributed by atoms with Gasteiger partial charge in [0.25, 0.3) is 5.91 Å². The quantitative estimate of drug-likeness (QED) is 0.842. The molecule has 0 radical (unpaired) electrons. The fourth-order valence-corrected chi connectivity index (χ4v) is 2.98. The fourth-order valence-electron chi connectivity index (χ4n) is 2.76. The topological polar surface area (TPSA) is 72.9 Å². The van der Waals surface area contributed by atoms with E-state index in [9.17, 15) is 4.79 Å². The summed E-state index contributed by atoms with van der Waals surface area (Å²) in [4.78, 5) is 12.6. The summed E-state index contributed by atoms with van der Waals surface area (Å²) in [6.07, 6.45) is 0.906. The van der Waals surface area contributed by atoms with E-state index >= 15 is 0 Å². The number of nitrogens with zero attached hydrogens (tertiary/aromatic N) is 2. The number of aromatic nitrogens is 2. The summed E-state index contributed by atoms with van der Waals surface area (Å²) in [6, 6.07) is 7.77. The van der Waals surface area contributed by atoms with Gasteiger partial charge in [0.2, 0.25) is 0 Å². The maximum Gasteiger partial charge on any atom is 0.256 e. The lowest BCUT2D eigenvalue weighted by atomic mass is 9.99. The summed E-state index contributed by atoms with van der Waals surface area (Å²) in [5, 5.41) is 7.58. The molecule has 0 aliphatic carbocycles. The molecule has 3 N–H and O–H groups in total. The monoisotopic (exact) mass is 348 g/mol. The van der Waals surface area contributed by atoms with Crippen molar-refractivity contribution in [3.63, 3.8) is 0 Å². The zero-order valence-corrected chi connectivity index (χ0v) is 15.4. The minimum Gasteiger partial charge on any atom is -0.350 e. The molecule has 0 fully saturated rings. The molecule has 1 amide bonds. The van der Waals surface area contributed by atoms with Gasteiger partial charge in [-0.15, -0.1) is 0 Å². The van der Waals surface area contributed by atoms with Gasteiger partial charge < -0.3 is 11.1 Å². The van der Waals surface area contributed by atoms with Crippen LogP contribution in [0.25, 0.3) is 0 Å². The number of rotatable bonds is 6. The Kier molecular flexibility index (Phi) is 6.02. The Morgan fingerprint density at radius 2 is 2.04 bits per heavy atom. The zero-order valence-electron chi connectivity index (χ0n) is 14.6. The van der Waals surface area contributed by atoms with Gasteiger partial charge in [-0.1, -0.05) is 56.6 Å². The standard InChI is InChI=1S/C18H25ClN4O/c1-5-12-8-6-7-9-13(12)14(20)10-21-18(24)15-16(11(2)3)22-23(4)17(15)19/h6-9,11,14H,5,10,20H2,1-4H3,(H,21,24). The van der Waals surface area contributed by atoms with Crippen molar-refractivity contribution in [2.45, 2.75) is 39.2 Å². The van der Waals surface area contributed by atoms with Crippen LogP contribution < -0.4 is 11.1 Å². The number of benzene rings is 1. The van der Waals surface area contributed by atoms with Crippen molar-refractivity contribution in [2.24, 2.45) is 12.8 Å². The zero-order chi connectivity index (χ0) is 17.9.